The second kappa shape index (κ2) is 10.6. The van der Waals surface area contributed by atoms with E-state index in [1.807, 2.05) is 32.9 Å². The summed E-state index contributed by atoms with van der Waals surface area (Å²) in [4.78, 5) is 35.0. The first-order chi connectivity index (χ1) is 16.0. The molecule has 0 bridgehead atoms. The van der Waals surface area contributed by atoms with Crippen LogP contribution >= 0.6 is 15.9 Å². The summed E-state index contributed by atoms with van der Waals surface area (Å²) in [6.07, 6.45) is 7.90. The molecule has 1 aromatic heterocycles. The first kappa shape index (κ1) is 26.4. The predicted molar refractivity (Wildman–Crippen MR) is 140 cm³/mol. The SMILES string of the molecule is C=CCCCCN(C)C[C@@]12C[C@@H](C(=O)Nc3nc(Br)ccc3C=C)N(C(=O)OC(C)(C)C)[C@@H]1C2. The summed E-state index contributed by atoms with van der Waals surface area (Å²) in [7, 11) is 2.12. The third-order valence-electron chi connectivity index (χ3n) is 6.46. The van der Waals surface area contributed by atoms with Crippen LogP contribution in [0, 0.1) is 5.41 Å². The van der Waals surface area contributed by atoms with Crippen LogP contribution in [0.1, 0.15) is 58.4 Å². The lowest BCUT2D eigenvalue weighted by atomic mass is 9.98. The molecular formula is C26H37BrN4O3. The van der Waals surface area contributed by atoms with E-state index in [1.54, 1.807) is 17.0 Å². The first-order valence-electron chi connectivity index (χ1n) is 11.9. The smallest absolute Gasteiger partial charge is 0.411 e. The van der Waals surface area contributed by atoms with Crippen molar-refractivity contribution in [2.45, 2.75) is 70.6 Å². The average molecular weight is 534 g/mol. The molecule has 0 aromatic carbocycles. The molecule has 1 saturated heterocycles. The van der Waals surface area contributed by atoms with Gasteiger partial charge in [0.1, 0.15) is 22.1 Å². The molecule has 7 nitrogen and oxygen atoms in total. The number of piperidine rings is 1. The molecule has 186 valence electrons. The van der Waals surface area contributed by atoms with Crippen LogP contribution in [0.15, 0.2) is 36.0 Å². The van der Waals surface area contributed by atoms with Gasteiger partial charge >= 0.3 is 6.09 Å². The van der Waals surface area contributed by atoms with Crippen molar-refractivity contribution in [2.24, 2.45) is 5.41 Å². The summed E-state index contributed by atoms with van der Waals surface area (Å²) in [6, 6.07) is 3.02. The van der Waals surface area contributed by atoms with Crippen LogP contribution in [-0.4, -0.2) is 64.6 Å². The van der Waals surface area contributed by atoms with Crippen LogP contribution in [0.4, 0.5) is 10.6 Å². The molecule has 2 heterocycles. The Labute approximate surface area is 211 Å². The monoisotopic (exact) mass is 532 g/mol. The quantitative estimate of drug-likeness (QED) is 0.245. The zero-order valence-corrected chi connectivity index (χ0v) is 22.4. The first-order valence-corrected chi connectivity index (χ1v) is 12.7. The lowest BCUT2D eigenvalue weighted by molar-refractivity contribution is -0.121. The van der Waals surface area contributed by atoms with E-state index in [4.69, 9.17) is 4.74 Å². The second-order valence-corrected chi connectivity index (χ2v) is 11.3. The van der Waals surface area contributed by atoms with E-state index in [2.05, 4.69) is 51.3 Å². The van der Waals surface area contributed by atoms with E-state index in [-0.39, 0.29) is 17.4 Å². The number of carbonyl (C=O) groups excluding carboxylic acids is 2. The van der Waals surface area contributed by atoms with E-state index < -0.39 is 17.7 Å². The Kier molecular flexibility index (Phi) is 8.24. The van der Waals surface area contributed by atoms with E-state index in [9.17, 15) is 9.59 Å². The highest BCUT2D eigenvalue weighted by Gasteiger charge is 2.68. The van der Waals surface area contributed by atoms with E-state index in [1.165, 1.54) is 0 Å². The standard InChI is InChI=1S/C26H37BrN4O3/c1-7-9-10-11-14-30(6)17-26-15-19(31(20(26)16-26)24(33)34-25(3,4)5)23(32)29-22-18(8-2)12-13-21(27)28-22/h7-8,12-13,19-20H,1-2,9-11,14-17H2,3-6H3,(H,28,29,32)/t19-,20+,26-/m0/s1. The van der Waals surface area contributed by atoms with E-state index >= 15 is 0 Å². The van der Waals surface area contributed by atoms with Gasteiger partial charge in [-0.1, -0.05) is 18.7 Å². The van der Waals surface area contributed by atoms with Gasteiger partial charge < -0.3 is 15.0 Å². The summed E-state index contributed by atoms with van der Waals surface area (Å²) in [5, 5.41) is 2.93. The Hall–Kier alpha value is -2.19. The number of likely N-dealkylation sites (tertiary alicyclic amines) is 1. The largest absolute Gasteiger partial charge is 0.444 e. The molecule has 8 heteroatoms. The number of aromatic nitrogens is 1. The maximum absolute atomic E-state index is 13.4. The van der Waals surface area contributed by atoms with Crippen LogP contribution in [-0.2, 0) is 9.53 Å². The number of pyridine rings is 1. The van der Waals surface area contributed by atoms with Crippen LogP contribution < -0.4 is 5.32 Å². The lowest BCUT2D eigenvalue weighted by Crippen LogP contribution is -2.47. The summed E-state index contributed by atoms with van der Waals surface area (Å²) in [6.45, 7) is 14.9. The lowest BCUT2D eigenvalue weighted by Gasteiger charge is -2.29. The zero-order chi connectivity index (χ0) is 25.1. The Morgan fingerprint density at radius 2 is 2.06 bits per heavy atom. The van der Waals surface area contributed by atoms with Crippen molar-refractivity contribution in [3.05, 3.63) is 41.5 Å². The van der Waals surface area contributed by atoms with Crippen LogP contribution in [0.5, 0.6) is 0 Å². The van der Waals surface area contributed by atoms with Crippen molar-refractivity contribution in [2.75, 3.05) is 25.5 Å². The Bertz CT molecular complexity index is 944. The number of anilines is 1. The number of hydrogen-bond donors (Lipinski definition) is 1. The van der Waals surface area contributed by atoms with E-state index in [0.717, 1.165) is 44.3 Å². The van der Waals surface area contributed by atoms with Crippen molar-refractivity contribution in [1.82, 2.24) is 14.8 Å². The number of rotatable bonds is 10. The Morgan fingerprint density at radius 3 is 2.71 bits per heavy atom. The molecule has 0 unspecified atom stereocenters. The third-order valence-corrected chi connectivity index (χ3v) is 6.90. The number of nitrogens with zero attached hydrogens (tertiary/aromatic N) is 3. The van der Waals surface area contributed by atoms with Crippen molar-refractivity contribution < 1.29 is 14.3 Å². The molecule has 1 aliphatic heterocycles. The highest BCUT2D eigenvalue weighted by atomic mass is 79.9. The minimum Gasteiger partial charge on any atom is -0.444 e. The van der Waals surface area contributed by atoms with Gasteiger partial charge in [0.2, 0.25) is 5.91 Å². The number of ether oxygens (including phenoxy) is 1. The van der Waals surface area contributed by atoms with Crippen LogP contribution in [0.25, 0.3) is 6.08 Å². The molecule has 2 amide bonds. The number of nitrogens with one attached hydrogen (secondary N) is 1. The van der Waals surface area contributed by atoms with Gasteiger partial charge in [0.15, 0.2) is 0 Å². The van der Waals surface area contributed by atoms with E-state index in [0.29, 0.717) is 16.8 Å². The fourth-order valence-electron chi connectivity index (χ4n) is 4.86. The zero-order valence-electron chi connectivity index (χ0n) is 20.8. The van der Waals surface area contributed by atoms with Crippen molar-refractivity contribution >= 4 is 39.8 Å². The number of carbonyl (C=O) groups is 2. The van der Waals surface area contributed by atoms with Gasteiger partial charge in [-0.3, -0.25) is 9.69 Å². The molecule has 1 aliphatic carbocycles. The predicted octanol–water partition coefficient (Wildman–Crippen LogP) is 5.48. The Balaban J connectivity index is 1.77. The summed E-state index contributed by atoms with van der Waals surface area (Å²) < 4.78 is 6.31. The van der Waals surface area contributed by atoms with Crippen LogP contribution in [0.3, 0.4) is 0 Å². The van der Waals surface area contributed by atoms with Gasteiger partial charge in [-0.2, -0.15) is 0 Å². The molecule has 2 fully saturated rings. The van der Waals surface area contributed by atoms with Gasteiger partial charge in [-0.25, -0.2) is 9.78 Å². The molecule has 0 spiro atoms. The van der Waals surface area contributed by atoms with Crippen molar-refractivity contribution in [3.63, 3.8) is 0 Å². The number of fused-ring (bicyclic) bond motifs is 1. The third kappa shape index (κ3) is 6.27. The number of amides is 2. The maximum atomic E-state index is 13.4. The minimum atomic E-state index is -0.637. The van der Waals surface area contributed by atoms with Gasteiger partial charge in [-0.05, 0) is 94.5 Å². The minimum absolute atomic E-state index is 0.00284. The highest BCUT2D eigenvalue weighted by molar-refractivity contribution is 9.10. The highest BCUT2D eigenvalue weighted by Crippen LogP contribution is 2.60. The summed E-state index contributed by atoms with van der Waals surface area (Å²) in [5.74, 6) is 0.173. The Morgan fingerprint density at radius 1 is 1.32 bits per heavy atom. The fourth-order valence-corrected chi connectivity index (χ4v) is 5.17. The molecule has 1 saturated carbocycles. The number of unbranched alkanes of at least 4 members (excludes halogenated alkanes) is 2. The average Bonchev–Trinajstić information content (AvgIpc) is 3.32. The van der Waals surface area contributed by atoms with Gasteiger partial charge in [0.05, 0.1) is 0 Å². The summed E-state index contributed by atoms with van der Waals surface area (Å²) in [5.41, 5.74) is -0.00220. The van der Waals surface area contributed by atoms with Gasteiger partial charge in [0, 0.05) is 23.6 Å². The number of allylic oxidation sites excluding steroid dienone is 1. The molecule has 0 radical (unpaired) electrons. The molecule has 2 aliphatic rings. The molecule has 34 heavy (non-hydrogen) atoms. The second-order valence-electron chi connectivity index (χ2n) is 10.5. The van der Waals surface area contributed by atoms with Gasteiger partial charge in [0.25, 0.3) is 0 Å². The molecule has 3 atom stereocenters. The molecular weight excluding hydrogens is 496 g/mol. The molecule has 1 N–H and O–H groups in total. The molecule has 3 rings (SSSR count). The topological polar surface area (TPSA) is 74.8 Å². The number of hydrogen-bond acceptors (Lipinski definition) is 5. The molecule has 1 aromatic rings. The van der Waals surface area contributed by atoms with Crippen molar-refractivity contribution in [1.29, 1.82) is 0 Å². The summed E-state index contributed by atoms with van der Waals surface area (Å²) >= 11 is 3.36. The van der Waals surface area contributed by atoms with Gasteiger partial charge in [-0.15, -0.1) is 6.58 Å². The fraction of sp³-hybridized carbons (Fsp3) is 0.577. The normalized spacial score (nSPS) is 23.4. The van der Waals surface area contributed by atoms with Crippen LogP contribution in [0.2, 0.25) is 0 Å². The number of halogens is 1. The maximum Gasteiger partial charge on any atom is 0.411 e. The van der Waals surface area contributed by atoms with Crippen molar-refractivity contribution in [3.8, 4) is 0 Å².